The highest BCUT2D eigenvalue weighted by atomic mass is 16.4. The molecule has 1 saturated carbocycles. The summed E-state index contributed by atoms with van der Waals surface area (Å²) in [4.78, 5) is 141. The van der Waals surface area contributed by atoms with Crippen LogP contribution in [0.3, 0.4) is 0 Å². The molecular weight excluding hydrogens is 790 g/mol. The fourth-order valence-corrected chi connectivity index (χ4v) is 7.34. The van der Waals surface area contributed by atoms with Gasteiger partial charge in [-0.3, -0.25) is 52.7 Å². The Morgan fingerprint density at radius 1 is 0.633 bits per heavy atom. The van der Waals surface area contributed by atoms with Crippen LogP contribution < -0.4 is 31.9 Å². The molecule has 0 radical (unpaired) electrons. The quantitative estimate of drug-likeness (QED) is 0.0545. The van der Waals surface area contributed by atoms with Crippen LogP contribution in [0.5, 0.6) is 0 Å². The van der Waals surface area contributed by atoms with Crippen LogP contribution in [-0.2, 0) is 52.7 Å². The Hall–Kier alpha value is -5.63. The van der Waals surface area contributed by atoms with Crippen molar-refractivity contribution in [2.75, 3.05) is 13.1 Å². The number of hydrogen-bond acceptors (Lipinski definition) is 11. The number of ketones is 1. The topological polar surface area (TPSA) is 324 Å². The highest BCUT2D eigenvalue weighted by Crippen LogP contribution is 2.29. The van der Waals surface area contributed by atoms with Crippen molar-refractivity contribution in [3.8, 4) is 0 Å². The van der Waals surface area contributed by atoms with Crippen molar-refractivity contribution in [1.82, 2.24) is 36.8 Å². The van der Waals surface area contributed by atoms with Gasteiger partial charge in [-0.2, -0.15) is 0 Å². The fourth-order valence-electron chi connectivity index (χ4n) is 7.34. The average molecular weight is 852 g/mol. The van der Waals surface area contributed by atoms with Crippen LogP contribution in [0.25, 0.3) is 0 Å². The van der Waals surface area contributed by atoms with E-state index in [2.05, 4.69) is 26.6 Å². The molecule has 0 aromatic carbocycles. The summed E-state index contributed by atoms with van der Waals surface area (Å²) in [5.41, 5.74) is 0. The number of amides is 7. The summed E-state index contributed by atoms with van der Waals surface area (Å²) in [5.74, 6) is -11.6. The predicted molar refractivity (Wildman–Crippen MR) is 210 cm³/mol. The molecule has 0 aromatic rings. The van der Waals surface area contributed by atoms with Gasteiger partial charge in [0, 0.05) is 26.3 Å². The van der Waals surface area contributed by atoms with Crippen LogP contribution in [-0.4, -0.2) is 135 Å². The molecule has 7 amide bonds. The number of piperidine rings is 1. The summed E-state index contributed by atoms with van der Waals surface area (Å²) in [5, 5.41) is 42.0. The summed E-state index contributed by atoms with van der Waals surface area (Å²) in [6.07, 6.45) is 3.49. The lowest BCUT2D eigenvalue weighted by Gasteiger charge is -2.40. The van der Waals surface area contributed by atoms with Crippen LogP contribution >= 0.6 is 0 Å². The highest BCUT2D eigenvalue weighted by Gasteiger charge is 2.42. The van der Waals surface area contributed by atoms with E-state index in [9.17, 15) is 57.8 Å². The third-order valence-electron chi connectivity index (χ3n) is 10.5. The molecule has 0 aromatic heterocycles. The van der Waals surface area contributed by atoms with Gasteiger partial charge in [-0.1, -0.05) is 46.5 Å². The van der Waals surface area contributed by atoms with Crippen molar-refractivity contribution >= 4 is 65.0 Å². The number of nitrogens with zero attached hydrogens (tertiary/aromatic N) is 1. The number of likely N-dealkylation sites (tertiary alicyclic amines) is 1. The average Bonchev–Trinajstić information content (AvgIpc) is 3.19. The van der Waals surface area contributed by atoms with Gasteiger partial charge < -0.3 is 52.1 Å². The molecule has 0 bridgehead atoms. The van der Waals surface area contributed by atoms with E-state index in [-0.39, 0.29) is 31.7 Å². The molecule has 1 saturated heterocycles. The summed E-state index contributed by atoms with van der Waals surface area (Å²) in [6, 6.07) is -7.71. The Kier molecular flexibility index (Phi) is 21.1. The number of hydrogen-bond donors (Lipinski definition) is 9. The molecular formula is C39H61N7O14. The van der Waals surface area contributed by atoms with E-state index in [4.69, 9.17) is 10.2 Å². The van der Waals surface area contributed by atoms with Gasteiger partial charge in [0.25, 0.3) is 5.91 Å². The SMILES string of the molecule is CCCC(NC(=O)C1CCCCN1C(=O)C(NC(=O)C(NC(=O)C(CCC(=O)O)NC(=O)C(CCC(=O)O)NC(C)=O)C(C)C)C1CCCCC1)C(=O)C(=O)NCC(=O)O. The Balaban J connectivity index is 2.37. The highest BCUT2D eigenvalue weighted by molar-refractivity contribution is 6.38. The first-order valence-corrected chi connectivity index (χ1v) is 20.5. The fraction of sp³-hybridized carbons (Fsp3) is 0.718. The Morgan fingerprint density at radius 2 is 1.20 bits per heavy atom. The second-order valence-electron chi connectivity index (χ2n) is 15.6. The number of rotatable bonds is 24. The van der Waals surface area contributed by atoms with Gasteiger partial charge in [0.1, 0.15) is 36.8 Å². The van der Waals surface area contributed by atoms with Crippen molar-refractivity contribution in [3.05, 3.63) is 0 Å². The van der Waals surface area contributed by atoms with E-state index in [0.29, 0.717) is 32.1 Å². The zero-order chi connectivity index (χ0) is 45.1. The molecule has 9 N–H and O–H groups in total. The Bertz CT molecular complexity index is 1600. The number of carboxylic acids is 3. The zero-order valence-corrected chi connectivity index (χ0v) is 34.7. The minimum atomic E-state index is -1.53. The van der Waals surface area contributed by atoms with Crippen molar-refractivity contribution in [2.45, 2.75) is 154 Å². The van der Waals surface area contributed by atoms with Crippen LogP contribution in [0.15, 0.2) is 0 Å². The minimum absolute atomic E-state index is 0.0657. The van der Waals surface area contributed by atoms with E-state index < -0.39 is 133 Å². The van der Waals surface area contributed by atoms with Crippen LogP contribution in [0.1, 0.15) is 118 Å². The summed E-state index contributed by atoms with van der Waals surface area (Å²) in [6.45, 7) is 5.41. The summed E-state index contributed by atoms with van der Waals surface area (Å²) in [7, 11) is 0. The summed E-state index contributed by atoms with van der Waals surface area (Å²) < 4.78 is 0. The van der Waals surface area contributed by atoms with E-state index in [1.54, 1.807) is 20.8 Å². The van der Waals surface area contributed by atoms with Gasteiger partial charge in [-0.15, -0.1) is 0 Å². The monoisotopic (exact) mass is 851 g/mol. The van der Waals surface area contributed by atoms with Crippen LogP contribution in [0, 0.1) is 11.8 Å². The molecule has 6 atom stereocenters. The standard InChI is InChI=1S/C39H61N7O14/c1-5-11-24(33(54)38(59)40-20-30(52)53)42-36(57)27-14-9-10-19-46(27)39(60)32(23-12-7-6-8-13-23)45-37(58)31(21(2)3)44-35(56)26(16-18-29(50)51)43-34(55)25(41-22(4)47)15-17-28(48)49/h21,23-27,31-32H,5-20H2,1-4H3,(H,40,59)(H,41,47)(H,42,57)(H,43,55)(H,44,56)(H,45,58)(H,48,49)(H,50,51)(H,52,53). The molecule has 21 nitrogen and oxygen atoms in total. The molecule has 1 heterocycles. The second-order valence-corrected chi connectivity index (χ2v) is 15.6. The maximum atomic E-state index is 14.6. The van der Waals surface area contributed by atoms with Crippen molar-refractivity contribution in [1.29, 1.82) is 0 Å². The third-order valence-corrected chi connectivity index (χ3v) is 10.5. The van der Waals surface area contributed by atoms with E-state index in [1.165, 1.54) is 4.90 Å². The molecule has 1 aliphatic heterocycles. The largest absolute Gasteiger partial charge is 0.481 e. The molecule has 21 heteroatoms. The lowest BCUT2D eigenvalue weighted by Crippen LogP contribution is -2.63. The number of aliphatic carboxylic acids is 3. The van der Waals surface area contributed by atoms with Crippen LogP contribution in [0.2, 0.25) is 0 Å². The second kappa shape index (κ2) is 25.1. The summed E-state index contributed by atoms with van der Waals surface area (Å²) >= 11 is 0. The predicted octanol–water partition coefficient (Wildman–Crippen LogP) is -0.653. The smallest absolute Gasteiger partial charge is 0.322 e. The number of carbonyl (C=O) groups is 11. The van der Waals surface area contributed by atoms with Gasteiger partial charge in [0.2, 0.25) is 41.2 Å². The normalized spacial score (nSPS) is 18.0. The zero-order valence-electron chi connectivity index (χ0n) is 34.7. The Morgan fingerprint density at radius 3 is 1.73 bits per heavy atom. The minimum Gasteiger partial charge on any atom is -0.481 e. The number of carbonyl (C=O) groups excluding carboxylic acids is 8. The van der Waals surface area contributed by atoms with Gasteiger partial charge in [0.05, 0.1) is 6.04 Å². The maximum absolute atomic E-state index is 14.6. The van der Waals surface area contributed by atoms with Crippen molar-refractivity contribution < 1.29 is 68.1 Å². The first kappa shape index (κ1) is 50.5. The van der Waals surface area contributed by atoms with Crippen molar-refractivity contribution in [2.24, 2.45) is 11.8 Å². The molecule has 2 aliphatic rings. The number of nitrogens with one attached hydrogen (secondary N) is 6. The number of Topliss-reactive ketones (excluding diaryl/α,β-unsaturated/α-hetero) is 1. The number of carboxylic acid groups (broad SMARTS) is 3. The molecule has 1 aliphatic carbocycles. The van der Waals surface area contributed by atoms with Gasteiger partial charge in [0.15, 0.2) is 0 Å². The third kappa shape index (κ3) is 16.6. The first-order valence-electron chi connectivity index (χ1n) is 20.5. The van der Waals surface area contributed by atoms with Gasteiger partial charge in [-0.25, -0.2) is 0 Å². The van der Waals surface area contributed by atoms with E-state index in [0.717, 1.165) is 26.2 Å². The molecule has 2 rings (SSSR count). The van der Waals surface area contributed by atoms with E-state index >= 15 is 0 Å². The Labute approximate surface area is 348 Å². The lowest BCUT2D eigenvalue weighted by molar-refractivity contribution is -0.148. The molecule has 0 spiro atoms. The van der Waals surface area contributed by atoms with Gasteiger partial charge in [-0.05, 0) is 63.2 Å². The molecule has 2 fully saturated rings. The molecule has 6 unspecified atom stereocenters. The molecule has 60 heavy (non-hydrogen) atoms. The maximum Gasteiger partial charge on any atom is 0.322 e. The molecule has 336 valence electrons. The van der Waals surface area contributed by atoms with Crippen LogP contribution in [0.4, 0.5) is 0 Å². The van der Waals surface area contributed by atoms with Gasteiger partial charge >= 0.3 is 17.9 Å². The van der Waals surface area contributed by atoms with E-state index in [1.807, 2.05) is 5.32 Å². The first-order chi connectivity index (χ1) is 28.3. The lowest BCUT2D eigenvalue weighted by atomic mass is 9.82. The van der Waals surface area contributed by atoms with Crippen molar-refractivity contribution in [3.63, 3.8) is 0 Å².